The van der Waals surface area contributed by atoms with E-state index >= 15 is 0 Å². The van der Waals surface area contributed by atoms with Gasteiger partial charge in [0.2, 0.25) is 5.76 Å². The minimum atomic E-state index is -1.16. The molecule has 0 unspecified atom stereocenters. The summed E-state index contributed by atoms with van der Waals surface area (Å²) in [5.41, 5.74) is 0.911. The fourth-order valence-electron chi connectivity index (χ4n) is 1.65. The minimum Gasteiger partial charge on any atom is -0.497 e. The van der Waals surface area contributed by atoms with E-state index in [1.807, 2.05) is 0 Å². The number of carboxylic acid groups (broad SMARTS) is 1. The summed E-state index contributed by atoms with van der Waals surface area (Å²) in [6.07, 6.45) is 0. The lowest BCUT2D eigenvalue weighted by atomic mass is 10.3. The van der Waals surface area contributed by atoms with E-state index in [0.29, 0.717) is 22.9 Å². The Hall–Kier alpha value is -2.70. The van der Waals surface area contributed by atoms with Crippen molar-refractivity contribution in [1.82, 2.24) is 4.98 Å². The van der Waals surface area contributed by atoms with Crippen LogP contribution >= 0.6 is 0 Å². The third-order valence-corrected chi connectivity index (χ3v) is 2.59. The van der Waals surface area contributed by atoms with Gasteiger partial charge in [0.15, 0.2) is 0 Å². The van der Waals surface area contributed by atoms with Crippen LogP contribution in [0.3, 0.4) is 0 Å². The van der Waals surface area contributed by atoms with Crippen molar-refractivity contribution in [2.75, 3.05) is 19.5 Å². The molecule has 0 atom stereocenters. The smallest absolute Gasteiger partial charge is 0.373 e. The molecule has 2 aromatic rings. The molecule has 7 heteroatoms. The van der Waals surface area contributed by atoms with E-state index in [4.69, 9.17) is 19.0 Å². The van der Waals surface area contributed by atoms with Crippen LogP contribution < -0.4 is 14.8 Å². The number of methoxy groups -OCH3 is 2. The van der Waals surface area contributed by atoms with E-state index in [9.17, 15) is 4.79 Å². The lowest BCUT2D eigenvalue weighted by molar-refractivity contribution is 0.0662. The molecule has 1 aromatic heterocycles. The maximum atomic E-state index is 10.9. The van der Waals surface area contributed by atoms with Crippen molar-refractivity contribution in [3.8, 4) is 11.5 Å². The molecule has 0 radical (unpaired) electrons. The van der Waals surface area contributed by atoms with Gasteiger partial charge in [-0.2, -0.15) is 4.98 Å². The number of benzene rings is 1. The van der Waals surface area contributed by atoms with Crippen molar-refractivity contribution in [2.24, 2.45) is 0 Å². The van der Waals surface area contributed by atoms with Crippen molar-refractivity contribution in [2.45, 2.75) is 6.92 Å². The van der Waals surface area contributed by atoms with Crippen LogP contribution in [0, 0.1) is 6.92 Å². The van der Waals surface area contributed by atoms with Gasteiger partial charge in [0.1, 0.15) is 11.5 Å². The zero-order valence-electron chi connectivity index (χ0n) is 11.3. The zero-order chi connectivity index (χ0) is 14.7. The summed E-state index contributed by atoms with van der Waals surface area (Å²) in [6.45, 7) is 1.56. The first-order valence-corrected chi connectivity index (χ1v) is 5.74. The molecule has 1 heterocycles. The lowest BCUT2D eigenvalue weighted by Crippen LogP contribution is -1.95. The number of aromatic nitrogens is 1. The third kappa shape index (κ3) is 2.82. The number of carboxylic acids is 1. The van der Waals surface area contributed by atoms with E-state index in [0.717, 1.165) is 0 Å². The van der Waals surface area contributed by atoms with Crippen LogP contribution in [-0.2, 0) is 0 Å². The Morgan fingerprint density at radius 3 is 2.30 bits per heavy atom. The zero-order valence-corrected chi connectivity index (χ0v) is 11.3. The van der Waals surface area contributed by atoms with Crippen molar-refractivity contribution >= 4 is 17.7 Å². The van der Waals surface area contributed by atoms with Crippen molar-refractivity contribution < 1.29 is 23.8 Å². The molecule has 0 amide bonds. The number of hydrogen-bond acceptors (Lipinski definition) is 6. The van der Waals surface area contributed by atoms with E-state index < -0.39 is 5.97 Å². The summed E-state index contributed by atoms with van der Waals surface area (Å²) in [4.78, 5) is 14.9. The predicted octanol–water partition coefficient (Wildman–Crippen LogP) is 2.44. The molecule has 0 bridgehead atoms. The Morgan fingerprint density at radius 2 is 1.85 bits per heavy atom. The van der Waals surface area contributed by atoms with Crippen molar-refractivity contribution in [3.05, 3.63) is 29.7 Å². The summed E-state index contributed by atoms with van der Waals surface area (Å²) in [5.74, 6) is -0.171. The lowest BCUT2D eigenvalue weighted by Gasteiger charge is -2.08. The summed E-state index contributed by atoms with van der Waals surface area (Å²) in [6, 6.07) is 5.23. The average Bonchev–Trinajstić information content (AvgIpc) is 2.79. The molecule has 0 spiro atoms. The van der Waals surface area contributed by atoms with Gasteiger partial charge in [-0.05, 0) is 6.92 Å². The summed E-state index contributed by atoms with van der Waals surface area (Å²) >= 11 is 0. The Bertz CT molecular complexity index is 613. The van der Waals surface area contributed by atoms with E-state index in [-0.39, 0.29) is 11.8 Å². The molecule has 0 aliphatic carbocycles. The molecule has 106 valence electrons. The number of carbonyl (C=O) groups is 1. The average molecular weight is 278 g/mol. The van der Waals surface area contributed by atoms with Gasteiger partial charge in [0.25, 0.3) is 6.01 Å². The number of hydrogen-bond donors (Lipinski definition) is 2. The topological polar surface area (TPSA) is 93.8 Å². The van der Waals surface area contributed by atoms with Gasteiger partial charge in [-0.3, -0.25) is 0 Å². The third-order valence-electron chi connectivity index (χ3n) is 2.59. The standard InChI is InChI=1S/C13H14N2O5/c1-7-11(12(16)17)20-13(14-7)15-8-4-9(18-2)6-10(5-8)19-3/h4-6H,1-3H3,(H,14,15)(H,16,17). The van der Waals surface area contributed by atoms with Crippen LogP contribution in [-0.4, -0.2) is 30.3 Å². The molecule has 20 heavy (non-hydrogen) atoms. The second kappa shape index (κ2) is 5.52. The maximum Gasteiger partial charge on any atom is 0.373 e. The van der Waals surface area contributed by atoms with Gasteiger partial charge in [0.05, 0.1) is 19.9 Å². The number of rotatable bonds is 5. The largest absolute Gasteiger partial charge is 0.497 e. The first-order valence-electron chi connectivity index (χ1n) is 5.74. The highest BCUT2D eigenvalue weighted by Gasteiger charge is 2.16. The van der Waals surface area contributed by atoms with Gasteiger partial charge in [-0.25, -0.2) is 4.79 Å². The Kier molecular flexibility index (Phi) is 3.79. The van der Waals surface area contributed by atoms with Crippen LogP contribution in [0.25, 0.3) is 0 Å². The predicted molar refractivity (Wildman–Crippen MR) is 71.0 cm³/mol. The van der Waals surface area contributed by atoms with Gasteiger partial charge >= 0.3 is 5.97 Å². The first kappa shape index (κ1) is 13.7. The van der Waals surface area contributed by atoms with Crippen LogP contribution in [0.15, 0.2) is 22.6 Å². The molecule has 7 nitrogen and oxygen atoms in total. The molecule has 2 N–H and O–H groups in total. The van der Waals surface area contributed by atoms with E-state index in [1.165, 1.54) is 14.2 Å². The molecule has 1 aromatic carbocycles. The number of oxazole rings is 1. The normalized spacial score (nSPS) is 10.2. The molecule has 0 saturated carbocycles. The highest BCUT2D eigenvalue weighted by Crippen LogP contribution is 2.28. The Morgan fingerprint density at radius 1 is 1.25 bits per heavy atom. The quantitative estimate of drug-likeness (QED) is 0.867. The van der Waals surface area contributed by atoms with E-state index in [2.05, 4.69) is 10.3 Å². The number of ether oxygens (including phenoxy) is 2. The first-order chi connectivity index (χ1) is 9.53. The highest BCUT2D eigenvalue weighted by atomic mass is 16.5. The SMILES string of the molecule is COc1cc(Nc2nc(C)c(C(=O)O)o2)cc(OC)c1. The van der Waals surface area contributed by atoms with Gasteiger partial charge in [-0.1, -0.05) is 0 Å². The number of aromatic carboxylic acids is 1. The molecule has 2 rings (SSSR count). The fraction of sp³-hybridized carbons (Fsp3) is 0.231. The summed E-state index contributed by atoms with van der Waals surface area (Å²) in [5, 5.41) is 11.8. The maximum absolute atomic E-state index is 10.9. The van der Waals surface area contributed by atoms with Crippen LogP contribution in [0.1, 0.15) is 16.2 Å². The molecule has 0 saturated heterocycles. The molecule has 0 fully saturated rings. The fourth-order valence-corrected chi connectivity index (χ4v) is 1.65. The highest BCUT2D eigenvalue weighted by molar-refractivity contribution is 5.85. The van der Waals surface area contributed by atoms with Crippen LogP contribution in [0.2, 0.25) is 0 Å². The monoisotopic (exact) mass is 278 g/mol. The Balaban J connectivity index is 2.29. The van der Waals surface area contributed by atoms with Crippen molar-refractivity contribution in [3.63, 3.8) is 0 Å². The van der Waals surface area contributed by atoms with Crippen molar-refractivity contribution in [1.29, 1.82) is 0 Å². The molecular weight excluding hydrogens is 264 g/mol. The summed E-state index contributed by atoms with van der Waals surface area (Å²) < 4.78 is 15.4. The molecular formula is C13H14N2O5. The molecule has 0 aliphatic rings. The van der Waals surface area contributed by atoms with Gasteiger partial charge in [0, 0.05) is 23.9 Å². The van der Waals surface area contributed by atoms with Crippen LogP contribution in [0.4, 0.5) is 11.7 Å². The minimum absolute atomic E-state index is 0.0928. The number of anilines is 2. The number of nitrogens with zero attached hydrogens (tertiary/aromatic N) is 1. The second-order valence-corrected chi connectivity index (χ2v) is 3.97. The number of aryl methyl sites for hydroxylation is 1. The van der Waals surface area contributed by atoms with Gasteiger partial charge < -0.3 is 24.3 Å². The van der Waals surface area contributed by atoms with E-state index in [1.54, 1.807) is 25.1 Å². The number of nitrogens with one attached hydrogen (secondary N) is 1. The Labute approximate surface area is 115 Å². The van der Waals surface area contributed by atoms with Gasteiger partial charge in [-0.15, -0.1) is 0 Å². The molecule has 0 aliphatic heterocycles. The summed E-state index contributed by atoms with van der Waals surface area (Å²) in [7, 11) is 3.08. The van der Waals surface area contributed by atoms with Crippen LogP contribution in [0.5, 0.6) is 11.5 Å². The second-order valence-electron chi connectivity index (χ2n) is 3.97.